The zero-order valence-electron chi connectivity index (χ0n) is 66.6. The Morgan fingerprint density at radius 2 is 0.319 bits per heavy atom. The molecule has 116 heavy (non-hydrogen) atoms. The van der Waals surface area contributed by atoms with Crippen LogP contribution >= 0.6 is 0 Å². The monoisotopic (exact) mass is 1500 g/mol. The number of aryl methyl sites for hydroxylation is 8. The molecule has 0 atom stereocenters. The molecule has 562 valence electrons. The molecule has 0 saturated carbocycles. The van der Waals surface area contributed by atoms with Gasteiger partial charge in [0.1, 0.15) is 0 Å². The molecule has 12 nitrogen and oxygen atoms in total. The highest BCUT2D eigenvalue weighted by molar-refractivity contribution is 6.33. The number of rotatable bonds is 20. The Hall–Kier alpha value is -13.8. The molecule has 0 unspecified atom stereocenters. The van der Waals surface area contributed by atoms with Gasteiger partial charge in [-0.1, -0.05) is 177 Å². The van der Waals surface area contributed by atoms with Gasteiger partial charge in [-0.15, -0.1) is 0 Å². The fourth-order valence-electron chi connectivity index (χ4n) is 19.2. The minimum Gasteiger partial charge on any atom is -0.309 e. The van der Waals surface area contributed by atoms with Crippen molar-refractivity contribution in [3.63, 3.8) is 0 Å². The van der Waals surface area contributed by atoms with Gasteiger partial charge in [0, 0.05) is 169 Å². The first-order chi connectivity index (χ1) is 57.3. The van der Waals surface area contributed by atoms with Crippen molar-refractivity contribution >= 4 is 188 Å². The van der Waals surface area contributed by atoms with Gasteiger partial charge in [-0.25, -0.2) is 0 Å². The maximum absolute atomic E-state index is 5.30. The van der Waals surface area contributed by atoms with E-state index in [1.54, 1.807) is 0 Å². The Morgan fingerprint density at radius 3 is 0.457 bits per heavy atom. The second-order valence-electron chi connectivity index (χ2n) is 30.2. The number of fused-ring (bicyclic) bond motifs is 8. The molecule has 20 rings (SSSR count). The molecule has 12 heteroatoms. The van der Waals surface area contributed by atoms with E-state index in [0.717, 1.165) is 232 Å². The number of hydrogen-bond donors (Lipinski definition) is 0. The van der Waals surface area contributed by atoms with Crippen molar-refractivity contribution in [2.24, 2.45) is 0 Å². The van der Waals surface area contributed by atoms with E-state index in [4.69, 9.17) is 39.9 Å². The van der Waals surface area contributed by atoms with Crippen LogP contribution in [0.3, 0.4) is 0 Å². The minimum atomic E-state index is 0.701. The Balaban J connectivity index is 1.05. The number of aromatic nitrogens is 8. The van der Waals surface area contributed by atoms with E-state index in [-0.39, 0.29) is 0 Å². The number of pyridine rings is 8. The summed E-state index contributed by atoms with van der Waals surface area (Å²) < 4.78 is 0. The highest BCUT2D eigenvalue weighted by Gasteiger charge is 2.35. The molecule has 12 aromatic carbocycles. The van der Waals surface area contributed by atoms with Crippen LogP contribution in [-0.2, 0) is 51.4 Å². The first-order valence-electron chi connectivity index (χ1n) is 41.2. The topological polar surface area (TPSA) is 116 Å². The third-order valence-electron chi connectivity index (χ3n) is 24.4. The van der Waals surface area contributed by atoms with Crippen LogP contribution in [-0.4, -0.2) is 39.9 Å². The first kappa shape index (κ1) is 71.2. The Kier molecular flexibility index (Phi) is 18.0. The van der Waals surface area contributed by atoms with Gasteiger partial charge in [-0.3, -0.25) is 39.9 Å². The van der Waals surface area contributed by atoms with Crippen molar-refractivity contribution in [2.45, 2.75) is 107 Å². The predicted molar refractivity (Wildman–Crippen MR) is 486 cm³/mol. The summed E-state index contributed by atoms with van der Waals surface area (Å²) >= 11 is 0. The summed E-state index contributed by atoms with van der Waals surface area (Å²) in [5.74, 6) is 0. The molecular formula is C104H86N12. The quantitative estimate of drug-likeness (QED) is 0.0677. The van der Waals surface area contributed by atoms with Crippen LogP contribution in [0.5, 0.6) is 0 Å². The van der Waals surface area contributed by atoms with Crippen molar-refractivity contribution in [2.75, 3.05) is 19.6 Å². The van der Waals surface area contributed by atoms with Crippen LogP contribution < -0.4 is 19.6 Å². The Bertz CT molecular complexity index is 6130. The van der Waals surface area contributed by atoms with E-state index in [0.29, 0.717) is 51.4 Å². The second kappa shape index (κ2) is 29.3. The third kappa shape index (κ3) is 11.2. The Labute approximate surface area is 674 Å². The lowest BCUT2D eigenvalue weighted by molar-refractivity contribution is 1.09. The lowest BCUT2D eigenvalue weighted by Crippen LogP contribution is -2.19. The standard InChI is InChI=1S/C104H86N12/c1-9-71-83(45-33-63-25-17-53-105-97(63)71)113(84-46-34-64-26-18-54-106-98(64)72(84)10-2)91-61-92(114(85-47-35-65-27-19-55-107-99(65)73(85)11-3)86-48-36-66-28-20-56-108-100(66)74(86)12-4)80-43-44-82-94(116(89-51-39-69-31-23-59-111-103(69)77(89)15-7)90-52-40-70-32-24-60-112-104(70)78(90)16-8)62-93(81-42-41-79(91)95(80)96(81)82)115(87-49-37-67-29-21-57-109-101(67)75(87)13-5)88-50-38-68-30-22-58-110-102(68)76(88)14-6/h17-62H,9-16H2,1-8H3. The van der Waals surface area contributed by atoms with Gasteiger partial charge in [0.25, 0.3) is 0 Å². The third-order valence-corrected chi connectivity index (χ3v) is 24.4. The van der Waals surface area contributed by atoms with Gasteiger partial charge in [-0.05, 0) is 161 Å². The zero-order valence-corrected chi connectivity index (χ0v) is 66.6. The molecule has 0 saturated heterocycles. The van der Waals surface area contributed by atoms with E-state index >= 15 is 0 Å². The summed E-state index contributed by atoms with van der Waals surface area (Å²) in [7, 11) is 0. The summed E-state index contributed by atoms with van der Waals surface area (Å²) in [6.07, 6.45) is 21.2. The number of hydrogen-bond acceptors (Lipinski definition) is 12. The SMILES string of the molecule is CCc1c(N(c2ccc3cccnc3c2CC)c2cc(N(c3ccc4cccnc4c3CC)c3ccc4cccnc4c3CC)c3ccc4c(N(c5ccc6cccnc6c5CC)c5ccc6cccnc6c5CC)cc(N(c5ccc6cccnc6c5CC)c5ccc6cccnc6c5CC)c5ccc2c3c54)ccc2cccnc12. The maximum atomic E-state index is 5.30. The molecule has 0 spiro atoms. The van der Waals surface area contributed by atoms with E-state index in [1.165, 1.54) is 0 Å². The molecule has 8 aromatic heterocycles. The molecule has 0 aliphatic heterocycles. The van der Waals surface area contributed by atoms with Gasteiger partial charge in [0.15, 0.2) is 0 Å². The van der Waals surface area contributed by atoms with E-state index in [1.807, 2.05) is 49.6 Å². The van der Waals surface area contributed by atoms with Crippen LogP contribution in [0.25, 0.3) is 120 Å². The van der Waals surface area contributed by atoms with Crippen molar-refractivity contribution in [1.82, 2.24) is 39.9 Å². The minimum absolute atomic E-state index is 0.701. The van der Waals surface area contributed by atoms with E-state index in [2.05, 4.69) is 306 Å². The molecule has 0 bridgehead atoms. The predicted octanol–water partition coefficient (Wildman–Crippen LogP) is 27.3. The van der Waals surface area contributed by atoms with Gasteiger partial charge < -0.3 is 19.6 Å². The fourth-order valence-corrected chi connectivity index (χ4v) is 19.2. The van der Waals surface area contributed by atoms with E-state index in [9.17, 15) is 0 Å². The largest absolute Gasteiger partial charge is 0.309 e. The van der Waals surface area contributed by atoms with Crippen LogP contribution in [0, 0.1) is 0 Å². The van der Waals surface area contributed by atoms with Gasteiger partial charge in [0.05, 0.1) is 112 Å². The molecule has 20 aromatic rings. The Morgan fingerprint density at radius 1 is 0.172 bits per heavy atom. The summed E-state index contributed by atoms with van der Waals surface area (Å²) in [5.41, 5.74) is 29.0. The molecule has 0 aliphatic rings. The maximum Gasteiger partial charge on any atom is 0.0754 e. The van der Waals surface area contributed by atoms with Gasteiger partial charge in [0.2, 0.25) is 0 Å². The average molecular weight is 1500 g/mol. The summed E-state index contributed by atoms with van der Waals surface area (Å²) in [6, 6.07) is 85.7. The molecule has 0 fully saturated rings. The molecule has 0 aliphatic carbocycles. The average Bonchev–Trinajstić information content (AvgIpc) is 0.692. The van der Waals surface area contributed by atoms with Crippen LogP contribution in [0.2, 0.25) is 0 Å². The van der Waals surface area contributed by atoms with Crippen molar-refractivity contribution < 1.29 is 0 Å². The van der Waals surface area contributed by atoms with Crippen molar-refractivity contribution in [3.05, 3.63) is 325 Å². The van der Waals surface area contributed by atoms with Crippen molar-refractivity contribution in [1.29, 1.82) is 0 Å². The number of nitrogens with zero attached hydrogens (tertiary/aromatic N) is 12. The number of anilines is 12. The van der Waals surface area contributed by atoms with Crippen LogP contribution in [0.4, 0.5) is 68.2 Å². The van der Waals surface area contributed by atoms with Crippen LogP contribution in [0.15, 0.2) is 280 Å². The van der Waals surface area contributed by atoms with Crippen molar-refractivity contribution in [3.8, 4) is 0 Å². The summed E-state index contributed by atoms with van der Waals surface area (Å²) in [4.78, 5) is 52.8. The first-order valence-corrected chi connectivity index (χ1v) is 41.2. The lowest BCUT2D eigenvalue weighted by atomic mass is 9.88. The molecular weight excluding hydrogens is 1420 g/mol. The van der Waals surface area contributed by atoms with Gasteiger partial charge >= 0.3 is 0 Å². The fraction of sp³-hybridized carbons (Fsp3) is 0.154. The highest BCUT2D eigenvalue weighted by atomic mass is 15.2. The molecule has 0 N–H and O–H groups in total. The molecule has 0 amide bonds. The van der Waals surface area contributed by atoms with Crippen LogP contribution in [0.1, 0.15) is 99.9 Å². The smallest absolute Gasteiger partial charge is 0.0754 e. The lowest BCUT2D eigenvalue weighted by Gasteiger charge is -2.37. The molecule has 0 radical (unpaired) electrons. The zero-order chi connectivity index (χ0) is 78.4. The second-order valence-corrected chi connectivity index (χ2v) is 30.2. The normalized spacial score (nSPS) is 11.9. The summed E-state index contributed by atoms with van der Waals surface area (Å²) in [5, 5.41) is 15.1. The van der Waals surface area contributed by atoms with E-state index < -0.39 is 0 Å². The summed E-state index contributed by atoms with van der Waals surface area (Å²) in [6.45, 7) is 18.2. The highest BCUT2D eigenvalue weighted by Crippen LogP contribution is 2.59. The molecule has 8 heterocycles. The van der Waals surface area contributed by atoms with Gasteiger partial charge in [-0.2, -0.15) is 0 Å². The number of benzene rings is 12.